The Morgan fingerprint density at radius 3 is 2.13 bits per heavy atom. The molecule has 0 spiro atoms. The van der Waals surface area contributed by atoms with Gasteiger partial charge in [-0.2, -0.15) is 0 Å². The highest BCUT2D eigenvalue weighted by Gasteiger charge is 2.21. The zero-order valence-electron chi connectivity index (χ0n) is 20.6. The number of ether oxygens (including phenoxy) is 2. The van der Waals surface area contributed by atoms with Gasteiger partial charge in [0.25, 0.3) is 0 Å². The van der Waals surface area contributed by atoms with E-state index in [1.165, 1.54) is 0 Å². The van der Waals surface area contributed by atoms with Gasteiger partial charge in [-0.15, -0.1) is 0 Å². The van der Waals surface area contributed by atoms with Crippen molar-refractivity contribution in [2.24, 2.45) is 4.99 Å². The summed E-state index contributed by atoms with van der Waals surface area (Å²) in [5, 5.41) is 7.06. The maximum absolute atomic E-state index is 5.43. The molecular formula is C24H43N5O2. The van der Waals surface area contributed by atoms with E-state index in [-0.39, 0.29) is 0 Å². The molecule has 0 unspecified atom stereocenters. The molecule has 0 aliphatic carbocycles. The molecule has 1 fully saturated rings. The lowest BCUT2D eigenvalue weighted by molar-refractivity contribution is 0.181. The molecule has 0 saturated carbocycles. The van der Waals surface area contributed by atoms with Gasteiger partial charge in [-0.25, -0.2) is 0 Å². The van der Waals surface area contributed by atoms with Gasteiger partial charge in [0.2, 0.25) is 0 Å². The van der Waals surface area contributed by atoms with Gasteiger partial charge >= 0.3 is 0 Å². The number of piperidine rings is 1. The second-order valence-corrected chi connectivity index (χ2v) is 8.66. The average molecular weight is 434 g/mol. The third kappa shape index (κ3) is 7.80. The van der Waals surface area contributed by atoms with E-state index >= 15 is 0 Å². The second kappa shape index (κ2) is 12.6. The predicted octanol–water partition coefficient (Wildman–Crippen LogP) is 3.35. The van der Waals surface area contributed by atoms with E-state index in [0.29, 0.717) is 18.1 Å². The zero-order chi connectivity index (χ0) is 22.8. The number of benzene rings is 1. The Morgan fingerprint density at radius 1 is 1.06 bits per heavy atom. The fraction of sp³-hybridized carbons (Fsp3) is 0.708. The van der Waals surface area contributed by atoms with Crippen LogP contribution in [0.25, 0.3) is 0 Å². The van der Waals surface area contributed by atoms with Crippen molar-refractivity contribution in [3.05, 3.63) is 18.2 Å². The molecule has 176 valence electrons. The topological polar surface area (TPSA) is 61.4 Å². The smallest absolute Gasteiger partial charge is 0.191 e. The molecule has 0 bridgehead atoms. The Hall–Kier alpha value is -2.15. The summed E-state index contributed by atoms with van der Waals surface area (Å²) in [4.78, 5) is 9.72. The van der Waals surface area contributed by atoms with Gasteiger partial charge in [0, 0.05) is 68.2 Å². The third-order valence-electron chi connectivity index (χ3n) is 5.84. The summed E-state index contributed by atoms with van der Waals surface area (Å²) < 4.78 is 10.9. The SMILES string of the molecule is CCNC(=NCCN(C(C)C)C(C)C)NC1CCN(c2cc(OC)cc(OC)c2)CC1. The van der Waals surface area contributed by atoms with Crippen LogP contribution in [-0.2, 0) is 0 Å². The first kappa shape index (κ1) is 25.1. The van der Waals surface area contributed by atoms with Gasteiger partial charge < -0.3 is 25.0 Å². The van der Waals surface area contributed by atoms with Crippen LogP contribution in [0.15, 0.2) is 23.2 Å². The first-order chi connectivity index (χ1) is 14.9. The van der Waals surface area contributed by atoms with Gasteiger partial charge in [0.05, 0.1) is 20.8 Å². The highest BCUT2D eigenvalue weighted by atomic mass is 16.5. The van der Waals surface area contributed by atoms with E-state index in [1.807, 2.05) is 6.07 Å². The van der Waals surface area contributed by atoms with Crippen molar-refractivity contribution in [3.63, 3.8) is 0 Å². The van der Waals surface area contributed by atoms with Crippen molar-refractivity contribution >= 4 is 11.6 Å². The highest BCUT2D eigenvalue weighted by molar-refractivity contribution is 5.80. The number of hydrogen-bond acceptors (Lipinski definition) is 5. The molecule has 7 nitrogen and oxygen atoms in total. The van der Waals surface area contributed by atoms with E-state index in [1.54, 1.807) is 14.2 Å². The number of methoxy groups -OCH3 is 2. The average Bonchev–Trinajstić information content (AvgIpc) is 2.76. The summed E-state index contributed by atoms with van der Waals surface area (Å²) in [6.07, 6.45) is 2.13. The predicted molar refractivity (Wildman–Crippen MR) is 131 cm³/mol. The third-order valence-corrected chi connectivity index (χ3v) is 5.84. The molecule has 31 heavy (non-hydrogen) atoms. The highest BCUT2D eigenvalue weighted by Crippen LogP contribution is 2.30. The molecule has 0 radical (unpaired) electrons. The molecule has 0 amide bonds. The van der Waals surface area contributed by atoms with E-state index in [2.05, 4.69) is 67.2 Å². The number of anilines is 1. The molecule has 2 rings (SSSR count). The standard InChI is InChI=1S/C24H43N5O2/c1-8-25-24(26-11-14-29(18(2)3)19(4)5)27-20-9-12-28(13-10-20)21-15-22(30-6)17-23(16-21)31-7/h15-20H,8-14H2,1-7H3,(H2,25,26,27). The van der Waals surface area contributed by atoms with Crippen molar-refractivity contribution in [3.8, 4) is 11.5 Å². The maximum atomic E-state index is 5.43. The molecule has 1 aliphatic heterocycles. The quantitative estimate of drug-likeness (QED) is 0.436. The summed E-state index contributed by atoms with van der Waals surface area (Å²) in [5.74, 6) is 2.58. The van der Waals surface area contributed by atoms with Gasteiger partial charge in [-0.05, 0) is 47.5 Å². The van der Waals surface area contributed by atoms with E-state index < -0.39 is 0 Å². The van der Waals surface area contributed by atoms with Crippen LogP contribution in [0.4, 0.5) is 5.69 Å². The minimum Gasteiger partial charge on any atom is -0.497 e. The first-order valence-electron chi connectivity index (χ1n) is 11.7. The Balaban J connectivity index is 1.92. The Kier molecular flexibility index (Phi) is 10.2. The summed E-state index contributed by atoms with van der Waals surface area (Å²) in [6.45, 7) is 15.7. The molecule has 1 aliphatic rings. The molecule has 0 atom stereocenters. The minimum absolute atomic E-state index is 0.424. The molecule has 1 saturated heterocycles. The van der Waals surface area contributed by atoms with E-state index in [0.717, 1.165) is 68.7 Å². The molecule has 7 heteroatoms. The van der Waals surface area contributed by atoms with Gasteiger partial charge in [-0.3, -0.25) is 9.89 Å². The Morgan fingerprint density at radius 2 is 1.65 bits per heavy atom. The summed E-state index contributed by atoms with van der Waals surface area (Å²) in [7, 11) is 3.38. The number of nitrogens with zero attached hydrogens (tertiary/aromatic N) is 3. The number of nitrogens with one attached hydrogen (secondary N) is 2. The maximum Gasteiger partial charge on any atom is 0.191 e. The fourth-order valence-electron chi connectivity index (χ4n) is 4.16. The van der Waals surface area contributed by atoms with Gasteiger partial charge in [0.15, 0.2) is 5.96 Å². The van der Waals surface area contributed by atoms with Crippen molar-refractivity contribution in [2.45, 2.75) is 65.6 Å². The molecule has 1 aromatic carbocycles. The molecular weight excluding hydrogens is 390 g/mol. The summed E-state index contributed by atoms with van der Waals surface area (Å²) in [5.41, 5.74) is 1.15. The number of guanidine groups is 1. The first-order valence-corrected chi connectivity index (χ1v) is 11.7. The van der Waals surface area contributed by atoms with Crippen LogP contribution in [0.2, 0.25) is 0 Å². The molecule has 1 heterocycles. The van der Waals surface area contributed by atoms with Crippen LogP contribution < -0.4 is 25.0 Å². The van der Waals surface area contributed by atoms with Crippen LogP contribution in [0, 0.1) is 0 Å². The lowest BCUT2D eigenvalue weighted by Gasteiger charge is -2.35. The van der Waals surface area contributed by atoms with Crippen molar-refractivity contribution < 1.29 is 9.47 Å². The van der Waals surface area contributed by atoms with E-state index in [4.69, 9.17) is 14.5 Å². The number of aliphatic imine (C=N–C) groups is 1. The zero-order valence-corrected chi connectivity index (χ0v) is 20.6. The van der Waals surface area contributed by atoms with Crippen molar-refractivity contribution in [1.29, 1.82) is 0 Å². The largest absolute Gasteiger partial charge is 0.497 e. The van der Waals surface area contributed by atoms with Crippen molar-refractivity contribution in [2.75, 3.05) is 51.8 Å². The van der Waals surface area contributed by atoms with Crippen LogP contribution >= 0.6 is 0 Å². The Labute approximate surface area is 189 Å². The van der Waals surface area contributed by atoms with Gasteiger partial charge in [-0.1, -0.05) is 0 Å². The fourth-order valence-corrected chi connectivity index (χ4v) is 4.16. The lowest BCUT2D eigenvalue weighted by atomic mass is 10.0. The van der Waals surface area contributed by atoms with Gasteiger partial charge in [0.1, 0.15) is 11.5 Å². The van der Waals surface area contributed by atoms with Crippen molar-refractivity contribution in [1.82, 2.24) is 15.5 Å². The lowest BCUT2D eigenvalue weighted by Crippen LogP contribution is -2.49. The summed E-state index contributed by atoms with van der Waals surface area (Å²) >= 11 is 0. The minimum atomic E-state index is 0.424. The molecule has 2 N–H and O–H groups in total. The number of hydrogen-bond donors (Lipinski definition) is 2. The van der Waals surface area contributed by atoms with Crippen LogP contribution in [0.3, 0.4) is 0 Å². The van der Waals surface area contributed by atoms with Crippen LogP contribution in [0.5, 0.6) is 11.5 Å². The summed E-state index contributed by atoms with van der Waals surface area (Å²) in [6, 6.07) is 7.56. The molecule has 1 aromatic rings. The normalized spacial score (nSPS) is 15.7. The van der Waals surface area contributed by atoms with E-state index in [9.17, 15) is 0 Å². The van der Waals surface area contributed by atoms with Crippen LogP contribution in [-0.4, -0.2) is 75.9 Å². The Bertz CT molecular complexity index is 654. The number of rotatable bonds is 10. The second-order valence-electron chi connectivity index (χ2n) is 8.66. The monoisotopic (exact) mass is 433 g/mol. The van der Waals surface area contributed by atoms with Crippen LogP contribution in [0.1, 0.15) is 47.5 Å². The molecule has 0 aromatic heterocycles.